The maximum absolute atomic E-state index is 6.16. The number of aromatic nitrogens is 2. The number of hydrogen-bond acceptors (Lipinski definition) is 2. The van der Waals surface area contributed by atoms with Crippen LogP contribution in [0.4, 0.5) is 5.82 Å². The Kier molecular flexibility index (Phi) is 6.02. The van der Waals surface area contributed by atoms with E-state index in [2.05, 4.69) is 38.6 Å². The zero-order valence-corrected chi connectivity index (χ0v) is 14.7. The van der Waals surface area contributed by atoms with E-state index in [1.165, 1.54) is 0 Å². The Hall–Kier alpha value is -1.11. The molecule has 1 aromatic heterocycles. The van der Waals surface area contributed by atoms with E-state index in [1.54, 1.807) is 0 Å². The maximum Gasteiger partial charge on any atom is 0.172 e. The van der Waals surface area contributed by atoms with E-state index in [-0.39, 0.29) is 0 Å². The number of anilines is 1. The quantitative estimate of drug-likeness (QED) is 0.760. The number of halogens is 2. The van der Waals surface area contributed by atoms with Gasteiger partial charge in [-0.2, -0.15) is 5.10 Å². The Morgan fingerprint density at radius 2 is 2.19 bits per heavy atom. The first-order chi connectivity index (χ1) is 10.1. The van der Waals surface area contributed by atoms with E-state index in [4.69, 9.17) is 23.8 Å². The molecule has 0 unspecified atom stereocenters. The fourth-order valence-electron chi connectivity index (χ4n) is 1.75. The third-order valence-corrected chi connectivity index (χ3v) is 3.97. The standard InChI is InChI=1S/C14H16BrClN4S/c1-2-7-17-14(21)18-13-11(15)9-20(19-13)8-10-5-3-4-6-12(10)16/h3-6,9H,2,7-8H2,1H3,(H2,17,18,19,21). The third kappa shape index (κ3) is 4.69. The molecule has 0 saturated heterocycles. The molecule has 2 aromatic rings. The molecule has 2 rings (SSSR count). The monoisotopic (exact) mass is 386 g/mol. The molecule has 21 heavy (non-hydrogen) atoms. The van der Waals surface area contributed by atoms with Crippen LogP contribution in [0.1, 0.15) is 18.9 Å². The average Bonchev–Trinajstić information content (AvgIpc) is 2.79. The van der Waals surface area contributed by atoms with Gasteiger partial charge in [0.15, 0.2) is 10.9 Å². The van der Waals surface area contributed by atoms with Crippen molar-refractivity contribution in [2.75, 3.05) is 11.9 Å². The molecule has 0 aliphatic rings. The highest BCUT2D eigenvalue weighted by atomic mass is 79.9. The molecular weight excluding hydrogens is 372 g/mol. The molecule has 0 aliphatic heterocycles. The minimum Gasteiger partial charge on any atom is -0.362 e. The SMILES string of the molecule is CCCNC(=S)Nc1nn(Cc2ccccc2Cl)cc1Br. The fraction of sp³-hybridized carbons (Fsp3) is 0.286. The lowest BCUT2D eigenvalue weighted by molar-refractivity contribution is 0.689. The predicted octanol–water partition coefficient (Wildman–Crippen LogP) is 4.04. The molecule has 0 spiro atoms. The zero-order valence-electron chi connectivity index (χ0n) is 11.6. The minimum absolute atomic E-state index is 0.570. The molecule has 1 heterocycles. The van der Waals surface area contributed by atoms with Gasteiger partial charge in [-0.05, 0) is 46.2 Å². The van der Waals surface area contributed by atoms with Crippen LogP contribution < -0.4 is 10.6 Å². The second-order valence-electron chi connectivity index (χ2n) is 4.50. The molecule has 0 radical (unpaired) electrons. The van der Waals surface area contributed by atoms with E-state index >= 15 is 0 Å². The van der Waals surface area contributed by atoms with Crippen LogP contribution in [0.3, 0.4) is 0 Å². The molecule has 0 bridgehead atoms. The Labute approximate surface area is 143 Å². The second kappa shape index (κ2) is 7.77. The summed E-state index contributed by atoms with van der Waals surface area (Å²) in [5.41, 5.74) is 1.02. The molecule has 0 aliphatic carbocycles. The van der Waals surface area contributed by atoms with E-state index in [9.17, 15) is 0 Å². The smallest absolute Gasteiger partial charge is 0.172 e. The summed E-state index contributed by atoms with van der Waals surface area (Å²) in [6, 6.07) is 7.73. The van der Waals surface area contributed by atoms with Crippen LogP contribution in [-0.2, 0) is 6.54 Å². The molecule has 4 nitrogen and oxygen atoms in total. The van der Waals surface area contributed by atoms with Crippen molar-refractivity contribution in [1.29, 1.82) is 0 Å². The number of nitrogens with zero attached hydrogens (tertiary/aromatic N) is 2. The maximum atomic E-state index is 6.16. The summed E-state index contributed by atoms with van der Waals surface area (Å²) in [6.07, 6.45) is 2.91. The van der Waals surface area contributed by atoms with Crippen LogP contribution in [-0.4, -0.2) is 21.4 Å². The number of nitrogens with one attached hydrogen (secondary N) is 2. The van der Waals surface area contributed by atoms with Gasteiger partial charge in [0.05, 0.1) is 11.0 Å². The van der Waals surface area contributed by atoms with Gasteiger partial charge in [-0.25, -0.2) is 0 Å². The molecule has 112 valence electrons. The highest BCUT2D eigenvalue weighted by Crippen LogP contribution is 2.22. The molecule has 1 aromatic carbocycles. The highest BCUT2D eigenvalue weighted by Gasteiger charge is 2.09. The Morgan fingerprint density at radius 1 is 1.43 bits per heavy atom. The molecule has 7 heteroatoms. The Bertz CT molecular complexity index is 629. The van der Waals surface area contributed by atoms with Crippen molar-refractivity contribution in [1.82, 2.24) is 15.1 Å². The van der Waals surface area contributed by atoms with Gasteiger partial charge >= 0.3 is 0 Å². The highest BCUT2D eigenvalue weighted by molar-refractivity contribution is 9.10. The minimum atomic E-state index is 0.570. The van der Waals surface area contributed by atoms with Crippen LogP contribution in [0, 0.1) is 0 Å². The van der Waals surface area contributed by atoms with Crippen molar-refractivity contribution in [3.05, 3.63) is 45.5 Å². The van der Waals surface area contributed by atoms with Crippen molar-refractivity contribution in [2.24, 2.45) is 0 Å². The van der Waals surface area contributed by atoms with Crippen molar-refractivity contribution < 1.29 is 0 Å². The third-order valence-electron chi connectivity index (χ3n) is 2.77. The normalized spacial score (nSPS) is 10.4. The summed E-state index contributed by atoms with van der Waals surface area (Å²) in [6.45, 7) is 3.53. The molecule has 0 amide bonds. The van der Waals surface area contributed by atoms with Crippen LogP contribution in [0.5, 0.6) is 0 Å². The number of rotatable bonds is 5. The van der Waals surface area contributed by atoms with E-state index in [1.807, 2.05) is 35.1 Å². The van der Waals surface area contributed by atoms with Gasteiger partial charge < -0.3 is 10.6 Å². The summed E-state index contributed by atoms with van der Waals surface area (Å²) in [7, 11) is 0. The van der Waals surface area contributed by atoms with E-state index in [0.29, 0.717) is 17.5 Å². The Balaban J connectivity index is 2.05. The van der Waals surface area contributed by atoms with Gasteiger partial charge in [0, 0.05) is 17.8 Å². The zero-order chi connectivity index (χ0) is 15.2. The largest absolute Gasteiger partial charge is 0.362 e. The van der Waals surface area contributed by atoms with Crippen LogP contribution >= 0.6 is 39.7 Å². The number of benzene rings is 1. The van der Waals surface area contributed by atoms with Crippen molar-refractivity contribution in [3.8, 4) is 0 Å². The molecule has 0 fully saturated rings. The van der Waals surface area contributed by atoms with Gasteiger partial charge in [0.1, 0.15) is 0 Å². The first kappa shape index (κ1) is 16.3. The summed E-state index contributed by atoms with van der Waals surface area (Å²) in [4.78, 5) is 0. The second-order valence-corrected chi connectivity index (χ2v) is 6.17. The van der Waals surface area contributed by atoms with E-state index < -0.39 is 0 Å². The summed E-state index contributed by atoms with van der Waals surface area (Å²) < 4.78 is 2.67. The molecule has 0 atom stereocenters. The lowest BCUT2D eigenvalue weighted by Gasteiger charge is -2.07. The summed E-state index contributed by atoms with van der Waals surface area (Å²) in [5, 5.41) is 12.0. The first-order valence-corrected chi connectivity index (χ1v) is 8.19. The summed E-state index contributed by atoms with van der Waals surface area (Å²) >= 11 is 14.8. The van der Waals surface area contributed by atoms with Crippen LogP contribution in [0.25, 0.3) is 0 Å². The van der Waals surface area contributed by atoms with Crippen molar-refractivity contribution >= 4 is 50.7 Å². The van der Waals surface area contributed by atoms with Gasteiger partial charge in [0.2, 0.25) is 0 Å². The lowest BCUT2D eigenvalue weighted by Crippen LogP contribution is -2.29. The van der Waals surface area contributed by atoms with Crippen LogP contribution in [0.2, 0.25) is 5.02 Å². The van der Waals surface area contributed by atoms with E-state index in [0.717, 1.165) is 28.0 Å². The van der Waals surface area contributed by atoms with Gasteiger partial charge in [0.25, 0.3) is 0 Å². The summed E-state index contributed by atoms with van der Waals surface area (Å²) in [5.74, 6) is 0.690. The first-order valence-electron chi connectivity index (χ1n) is 6.61. The van der Waals surface area contributed by atoms with Gasteiger partial charge in [-0.1, -0.05) is 36.7 Å². The van der Waals surface area contributed by atoms with Gasteiger partial charge in [-0.3, -0.25) is 4.68 Å². The Morgan fingerprint density at radius 3 is 2.90 bits per heavy atom. The fourth-order valence-corrected chi connectivity index (χ4v) is 2.56. The average molecular weight is 388 g/mol. The molecule has 2 N–H and O–H groups in total. The van der Waals surface area contributed by atoms with Crippen molar-refractivity contribution in [2.45, 2.75) is 19.9 Å². The van der Waals surface area contributed by atoms with Crippen molar-refractivity contribution in [3.63, 3.8) is 0 Å². The molecular formula is C14H16BrClN4S. The number of thiocarbonyl (C=S) groups is 1. The number of hydrogen-bond donors (Lipinski definition) is 2. The lowest BCUT2D eigenvalue weighted by atomic mass is 10.2. The van der Waals surface area contributed by atoms with Gasteiger partial charge in [-0.15, -0.1) is 0 Å². The molecule has 0 saturated carbocycles. The van der Waals surface area contributed by atoms with Crippen LogP contribution in [0.15, 0.2) is 34.9 Å². The topological polar surface area (TPSA) is 41.9 Å². The predicted molar refractivity (Wildman–Crippen MR) is 95.0 cm³/mol.